The van der Waals surface area contributed by atoms with Crippen LogP contribution in [0.15, 0.2) is 29.4 Å². The van der Waals surface area contributed by atoms with Crippen molar-refractivity contribution in [3.8, 4) is 0 Å². The monoisotopic (exact) mass is 375 g/mol. The minimum atomic E-state index is -0.472. The first-order valence-electron chi connectivity index (χ1n) is 8.50. The molecule has 140 valence electrons. The molecule has 1 amide bonds. The van der Waals surface area contributed by atoms with Crippen LogP contribution in [0, 0.1) is 5.41 Å². The molecule has 1 atom stereocenters. The van der Waals surface area contributed by atoms with Gasteiger partial charge in [-0.1, -0.05) is 32.5 Å². The van der Waals surface area contributed by atoms with Gasteiger partial charge in [-0.3, -0.25) is 9.59 Å². The lowest BCUT2D eigenvalue weighted by molar-refractivity contribution is -0.123. The van der Waals surface area contributed by atoms with E-state index < -0.39 is 5.41 Å². The molecule has 0 aliphatic rings. The molecule has 0 aliphatic heterocycles. The number of nitrogens with zero attached hydrogens (tertiary/aromatic N) is 4. The Morgan fingerprint density at radius 3 is 2.27 bits per heavy atom. The molecule has 26 heavy (non-hydrogen) atoms. The molecule has 0 radical (unpaired) electrons. The van der Waals surface area contributed by atoms with Gasteiger partial charge >= 0.3 is 0 Å². The number of amides is 1. The first-order valence-corrected chi connectivity index (χ1v) is 9.38. The summed E-state index contributed by atoms with van der Waals surface area (Å²) >= 11 is 1.33. The van der Waals surface area contributed by atoms with Gasteiger partial charge in [0.25, 0.3) is 0 Å². The third-order valence-corrected chi connectivity index (χ3v) is 4.76. The Hall–Kier alpha value is -2.22. The van der Waals surface area contributed by atoms with Crippen LogP contribution in [-0.2, 0) is 4.79 Å². The number of hydrogen-bond donors (Lipinski definition) is 1. The highest BCUT2D eigenvalue weighted by Gasteiger charge is 2.22. The SMILES string of the molecule is CC(Sc1nnnn1C(C)C)C(=O)c1ccc(NC(=O)C(C)(C)C)cc1. The number of Topliss-reactive ketones (excluding diaryl/α,β-unsaturated/α-hetero) is 1. The van der Waals surface area contributed by atoms with Crippen LogP contribution in [0.1, 0.15) is 57.9 Å². The minimum Gasteiger partial charge on any atom is -0.326 e. The van der Waals surface area contributed by atoms with Gasteiger partial charge in [0, 0.05) is 16.7 Å². The second-order valence-electron chi connectivity index (χ2n) is 7.41. The van der Waals surface area contributed by atoms with E-state index in [1.54, 1.807) is 28.9 Å². The summed E-state index contributed by atoms with van der Waals surface area (Å²) in [4.78, 5) is 24.7. The maximum absolute atomic E-state index is 12.7. The van der Waals surface area contributed by atoms with Crippen molar-refractivity contribution in [2.24, 2.45) is 5.41 Å². The Bertz CT molecular complexity index is 778. The van der Waals surface area contributed by atoms with Crippen molar-refractivity contribution in [2.75, 3.05) is 5.32 Å². The van der Waals surface area contributed by atoms with Crippen molar-refractivity contribution in [3.05, 3.63) is 29.8 Å². The zero-order valence-corrected chi connectivity index (χ0v) is 16.8. The Kier molecular flexibility index (Phi) is 6.17. The fourth-order valence-corrected chi connectivity index (χ4v) is 3.07. The molecule has 0 fully saturated rings. The normalized spacial score (nSPS) is 12.9. The second kappa shape index (κ2) is 7.99. The van der Waals surface area contributed by atoms with Gasteiger partial charge in [-0.05, 0) is 55.5 Å². The maximum atomic E-state index is 12.7. The summed E-state index contributed by atoms with van der Waals surface area (Å²) in [5.74, 6) is -0.0805. The van der Waals surface area contributed by atoms with Crippen LogP contribution in [0.5, 0.6) is 0 Å². The molecule has 1 heterocycles. The molecular formula is C18H25N5O2S. The molecule has 1 unspecified atom stereocenters. The number of hydrogen-bond acceptors (Lipinski definition) is 6. The highest BCUT2D eigenvalue weighted by atomic mass is 32.2. The maximum Gasteiger partial charge on any atom is 0.229 e. The zero-order valence-electron chi connectivity index (χ0n) is 16.0. The average molecular weight is 375 g/mol. The zero-order chi connectivity index (χ0) is 19.5. The molecule has 0 bridgehead atoms. The number of anilines is 1. The molecular weight excluding hydrogens is 350 g/mol. The predicted octanol–water partition coefficient (Wildman–Crippen LogP) is 3.60. The summed E-state index contributed by atoms with van der Waals surface area (Å²) < 4.78 is 1.69. The number of nitrogens with one attached hydrogen (secondary N) is 1. The Morgan fingerprint density at radius 2 is 1.73 bits per heavy atom. The molecule has 2 rings (SSSR count). The van der Waals surface area contributed by atoms with Gasteiger partial charge in [0.05, 0.1) is 11.3 Å². The van der Waals surface area contributed by atoms with Crippen LogP contribution in [-0.4, -0.2) is 37.1 Å². The number of ketones is 1. The number of thioether (sulfide) groups is 1. The van der Waals surface area contributed by atoms with Crippen molar-refractivity contribution in [2.45, 2.75) is 58.0 Å². The molecule has 1 aromatic carbocycles. The molecule has 0 spiro atoms. The standard InChI is InChI=1S/C18H25N5O2S/c1-11(2)23-17(20-21-22-23)26-12(3)15(24)13-7-9-14(10-8-13)19-16(25)18(4,5)6/h7-12H,1-6H3,(H,19,25). The summed E-state index contributed by atoms with van der Waals surface area (Å²) in [5.41, 5.74) is 0.785. The van der Waals surface area contributed by atoms with Crippen molar-refractivity contribution < 1.29 is 9.59 Å². The third-order valence-electron chi connectivity index (χ3n) is 3.71. The van der Waals surface area contributed by atoms with E-state index in [4.69, 9.17) is 0 Å². The van der Waals surface area contributed by atoms with Crippen LogP contribution >= 0.6 is 11.8 Å². The highest BCUT2D eigenvalue weighted by Crippen LogP contribution is 2.25. The van der Waals surface area contributed by atoms with Crippen molar-refractivity contribution in [1.29, 1.82) is 0 Å². The fraction of sp³-hybridized carbons (Fsp3) is 0.500. The molecule has 1 aromatic heterocycles. The van der Waals surface area contributed by atoms with Crippen molar-refractivity contribution in [1.82, 2.24) is 20.2 Å². The molecule has 8 heteroatoms. The fourth-order valence-electron chi connectivity index (χ4n) is 2.07. The number of aromatic nitrogens is 4. The van der Waals surface area contributed by atoms with Crippen molar-refractivity contribution >= 4 is 29.1 Å². The van der Waals surface area contributed by atoms with Gasteiger partial charge in [0.2, 0.25) is 11.1 Å². The largest absolute Gasteiger partial charge is 0.326 e. The van der Waals surface area contributed by atoms with E-state index in [0.29, 0.717) is 16.4 Å². The lowest BCUT2D eigenvalue weighted by Gasteiger charge is -2.18. The number of rotatable bonds is 6. The topological polar surface area (TPSA) is 89.8 Å². The Balaban J connectivity index is 2.05. The van der Waals surface area contributed by atoms with Gasteiger partial charge in [0.1, 0.15) is 0 Å². The van der Waals surface area contributed by atoms with E-state index in [1.807, 2.05) is 41.5 Å². The smallest absolute Gasteiger partial charge is 0.229 e. The van der Waals surface area contributed by atoms with Gasteiger partial charge in [-0.2, -0.15) is 0 Å². The number of benzene rings is 1. The minimum absolute atomic E-state index is 0.0120. The van der Waals surface area contributed by atoms with Crippen LogP contribution < -0.4 is 5.32 Å². The van der Waals surface area contributed by atoms with E-state index in [-0.39, 0.29) is 23.0 Å². The van der Waals surface area contributed by atoms with Gasteiger partial charge < -0.3 is 5.32 Å². The predicted molar refractivity (Wildman–Crippen MR) is 102 cm³/mol. The van der Waals surface area contributed by atoms with Crippen LogP contribution in [0.25, 0.3) is 0 Å². The molecule has 0 saturated carbocycles. The van der Waals surface area contributed by atoms with Gasteiger partial charge in [-0.15, -0.1) is 5.10 Å². The Morgan fingerprint density at radius 1 is 1.12 bits per heavy atom. The van der Waals surface area contributed by atoms with Gasteiger partial charge in [0.15, 0.2) is 5.78 Å². The first-order chi connectivity index (χ1) is 12.1. The third kappa shape index (κ3) is 4.91. The summed E-state index contributed by atoms with van der Waals surface area (Å²) in [5, 5.41) is 14.8. The summed E-state index contributed by atoms with van der Waals surface area (Å²) in [6.07, 6.45) is 0. The second-order valence-corrected chi connectivity index (χ2v) is 8.71. The van der Waals surface area contributed by atoms with E-state index in [2.05, 4.69) is 20.8 Å². The molecule has 0 saturated heterocycles. The van der Waals surface area contributed by atoms with Gasteiger partial charge in [-0.25, -0.2) is 4.68 Å². The van der Waals surface area contributed by atoms with E-state index in [9.17, 15) is 9.59 Å². The molecule has 1 N–H and O–H groups in total. The Labute approximate surface area is 157 Å². The van der Waals surface area contributed by atoms with Crippen molar-refractivity contribution in [3.63, 3.8) is 0 Å². The summed E-state index contributed by atoms with van der Waals surface area (Å²) in [7, 11) is 0. The van der Waals surface area contributed by atoms with E-state index in [0.717, 1.165) is 0 Å². The highest BCUT2D eigenvalue weighted by molar-refractivity contribution is 8.00. The van der Waals surface area contributed by atoms with Crippen LogP contribution in [0.3, 0.4) is 0 Å². The van der Waals surface area contributed by atoms with E-state index in [1.165, 1.54) is 11.8 Å². The summed E-state index contributed by atoms with van der Waals surface area (Å²) in [6.45, 7) is 11.4. The van der Waals surface area contributed by atoms with Crippen LogP contribution in [0.2, 0.25) is 0 Å². The van der Waals surface area contributed by atoms with Crippen LogP contribution in [0.4, 0.5) is 5.69 Å². The molecule has 0 aliphatic carbocycles. The number of carbonyl (C=O) groups is 2. The first kappa shape index (κ1) is 20.1. The number of carbonyl (C=O) groups excluding carboxylic acids is 2. The number of tetrazole rings is 1. The average Bonchev–Trinajstić information content (AvgIpc) is 3.02. The summed E-state index contributed by atoms with van der Waals surface area (Å²) in [6, 6.07) is 7.06. The molecule has 7 nitrogen and oxygen atoms in total. The molecule has 2 aromatic rings. The lowest BCUT2D eigenvalue weighted by Crippen LogP contribution is -2.27. The lowest BCUT2D eigenvalue weighted by atomic mass is 9.95. The van der Waals surface area contributed by atoms with E-state index >= 15 is 0 Å². The quantitative estimate of drug-likeness (QED) is 0.613.